The minimum Gasteiger partial charge on any atom is -0.357 e. The lowest BCUT2D eigenvalue weighted by atomic mass is 9.82. The SMILES string of the molecule is CNc1ncc2c(n1)CC(C)CC2C. The molecule has 1 aliphatic carbocycles. The van der Waals surface area contributed by atoms with Crippen LogP contribution in [0.2, 0.25) is 0 Å². The maximum Gasteiger partial charge on any atom is 0.222 e. The van der Waals surface area contributed by atoms with E-state index in [1.165, 1.54) is 17.7 Å². The number of aromatic nitrogens is 2. The average Bonchev–Trinajstić information content (AvgIpc) is 2.16. The number of nitrogens with zero attached hydrogens (tertiary/aromatic N) is 2. The molecule has 0 saturated heterocycles. The molecule has 0 radical (unpaired) electrons. The Hall–Kier alpha value is -1.12. The van der Waals surface area contributed by atoms with E-state index in [2.05, 4.69) is 29.1 Å². The standard InChI is InChI=1S/C11H17N3/c1-7-4-8(2)9-6-13-11(12-3)14-10(9)5-7/h6-8H,4-5H2,1-3H3,(H,12,13,14). The molecule has 0 aliphatic heterocycles. The molecule has 2 rings (SSSR count). The quantitative estimate of drug-likeness (QED) is 0.739. The number of hydrogen-bond acceptors (Lipinski definition) is 3. The topological polar surface area (TPSA) is 37.8 Å². The lowest BCUT2D eigenvalue weighted by Crippen LogP contribution is -2.17. The van der Waals surface area contributed by atoms with Gasteiger partial charge in [-0.05, 0) is 30.2 Å². The molecule has 0 aromatic carbocycles. The zero-order valence-corrected chi connectivity index (χ0v) is 9.04. The van der Waals surface area contributed by atoms with Crippen molar-refractivity contribution in [3.05, 3.63) is 17.5 Å². The van der Waals surface area contributed by atoms with Crippen molar-refractivity contribution in [2.45, 2.75) is 32.6 Å². The summed E-state index contributed by atoms with van der Waals surface area (Å²) >= 11 is 0. The van der Waals surface area contributed by atoms with Crippen molar-refractivity contribution in [1.29, 1.82) is 0 Å². The third kappa shape index (κ3) is 1.59. The second kappa shape index (κ2) is 3.56. The predicted molar refractivity (Wildman–Crippen MR) is 57.5 cm³/mol. The molecule has 1 aromatic heterocycles. The van der Waals surface area contributed by atoms with Crippen LogP contribution in [-0.2, 0) is 6.42 Å². The van der Waals surface area contributed by atoms with Crippen LogP contribution in [0.15, 0.2) is 6.20 Å². The number of rotatable bonds is 1. The minimum atomic E-state index is 0.611. The van der Waals surface area contributed by atoms with Gasteiger partial charge in [-0.1, -0.05) is 13.8 Å². The van der Waals surface area contributed by atoms with Crippen molar-refractivity contribution in [2.75, 3.05) is 12.4 Å². The summed E-state index contributed by atoms with van der Waals surface area (Å²) in [6, 6.07) is 0. The fourth-order valence-corrected chi connectivity index (χ4v) is 2.27. The first-order valence-electron chi connectivity index (χ1n) is 5.24. The van der Waals surface area contributed by atoms with E-state index >= 15 is 0 Å². The van der Waals surface area contributed by atoms with Crippen LogP contribution in [0.4, 0.5) is 5.95 Å². The zero-order chi connectivity index (χ0) is 10.1. The lowest BCUT2D eigenvalue weighted by Gasteiger charge is -2.26. The Kier molecular flexibility index (Phi) is 2.40. The van der Waals surface area contributed by atoms with Crippen molar-refractivity contribution in [3.8, 4) is 0 Å². The largest absolute Gasteiger partial charge is 0.357 e. The summed E-state index contributed by atoms with van der Waals surface area (Å²) < 4.78 is 0. The van der Waals surface area contributed by atoms with Gasteiger partial charge in [-0.2, -0.15) is 0 Å². The van der Waals surface area contributed by atoms with Crippen molar-refractivity contribution < 1.29 is 0 Å². The van der Waals surface area contributed by atoms with Gasteiger partial charge in [-0.25, -0.2) is 9.97 Å². The van der Waals surface area contributed by atoms with Gasteiger partial charge in [0.25, 0.3) is 0 Å². The second-order valence-electron chi connectivity index (χ2n) is 4.29. The smallest absolute Gasteiger partial charge is 0.222 e. The van der Waals surface area contributed by atoms with Gasteiger partial charge in [-0.15, -0.1) is 0 Å². The Morgan fingerprint density at radius 2 is 2.21 bits per heavy atom. The van der Waals surface area contributed by atoms with E-state index in [4.69, 9.17) is 0 Å². The van der Waals surface area contributed by atoms with Gasteiger partial charge >= 0.3 is 0 Å². The molecule has 3 heteroatoms. The first kappa shape index (κ1) is 9.44. The maximum atomic E-state index is 4.51. The predicted octanol–water partition coefficient (Wildman–Crippen LogP) is 2.20. The highest BCUT2D eigenvalue weighted by molar-refractivity contribution is 5.32. The highest BCUT2D eigenvalue weighted by Gasteiger charge is 2.22. The fourth-order valence-electron chi connectivity index (χ4n) is 2.27. The molecule has 76 valence electrons. The Morgan fingerprint density at radius 3 is 2.93 bits per heavy atom. The van der Waals surface area contributed by atoms with Crippen molar-refractivity contribution in [2.24, 2.45) is 5.92 Å². The third-order valence-corrected chi connectivity index (χ3v) is 2.95. The first-order chi connectivity index (χ1) is 6.70. The van der Waals surface area contributed by atoms with E-state index in [9.17, 15) is 0 Å². The molecule has 1 heterocycles. The summed E-state index contributed by atoms with van der Waals surface area (Å²) in [7, 11) is 1.86. The number of nitrogens with one attached hydrogen (secondary N) is 1. The van der Waals surface area contributed by atoms with Crippen molar-refractivity contribution in [3.63, 3.8) is 0 Å². The molecule has 1 N–H and O–H groups in total. The highest BCUT2D eigenvalue weighted by Crippen LogP contribution is 2.33. The van der Waals surface area contributed by atoms with Gasteiger partial charge in [0, 0.05) is 18.9 Å². The molecule has 2 atom stereocenters. The van der Waals surface area contributed by atoms with Gasteiger partial charge in [0.2, 0.25) is 5.95 Å². The highest BCUT2D eigenvalue weighted by atomic mass is 15.1. The van der Waals surface area contributed by atoms with E-state index < -0.39 is 0 Å². The zero-order valence-electron chi connectivity index (χ0n) is 9.04. The Bertz CT molecular complexity index is 335. The fraction of sp³-hybridized carbons (Fsp3) is 0.636. The molecule has 1 aliphatic rings. The molecule has 1 aromatic rings. The molecule has 0 spiro atoms. The summed E-state index contributed by atoms with van der Waals surface area (Å²) in [4.78, 5) is 8.77. The second-order valence-corrected chi connectivity index (χ2v) is 4.29. The Balaban J connectivity index is 2.39. The van der Waals surface area contributed by atoms with Gasteiger partial charge < -0.3 is 5.32 Å². The van der Waals surface area contributed by atoms with E-state index in [1.54, 1.807) is 0 Å². The molecule has 0 amide bonds. The van der Waals surface area contributed by atoms with E-state index in [-0.39, 0.29) is 0 Å². The van der Waals surface area contributed by atoms with Crippen LogP contribution in [0.3, 0.4) is 0 Å². The van der Waals surface area contributed by atoms with Crippen LogP contribution in [0.1, 0.15) is 37.4 Å². The summed E-state index contributed by atoms with van der Waals surface area (Å²) in [5, 5.41) is 2.98. The van der Waals surface area contributed by atoms with Crippen LogP contribution >= 0.6 is 0 Å². The van der Waals surface area contributed by atoms with Crippen molar-refractivity contribution in [1.82, 2.24) is 9.97 Å². The van der Waals surface area contributed by atoms with Gasteiger partial charge in [0.15, 0.2) is 0 Å². The summed E-state index contributed by atoms with van der Waals surface area (Å²) in [5.74, 6) is 2.10. The molecule has 0 bridgehead atoms. The van der Waals surface area contributed by atoms with E-state index in [0.29, 0.717) is 5.92 Å². The maximum absolute atomic E-state index is 4.51. The summed E-state index contributed by atoms with van der Waals surface area (Å²) in [6.07, 6.45) is 4.33. The van der Waals surface area contributed by atoms with E-state index in [1.807, 2.05) is 13.2 Å². The van der Waals surface area contributed by atoms with Crippen LogP contribution in [0.5, 0.6) is 0 Å². The monoisotopic (exact) mass is 191 g/mol. The van der Waals surface area contributed by atoms with Crippen LogP contribution < -0.4 is 5.32 Å². The van der Waals surface area contributed by atoms with E-state index in [0.717, 1.165) is 18.3 Å². The average molecular weight is 191 g/mol. The molecular formula is C11H17N3. The molecule has 3 nitrogen and oxygen atoms in total. The van der Waals surface area contributed by atoms with Crippen LogP contribution in [0.25, 0.3) is 0 Å². The van der Waals surface area contributed by atoms with Gasteiger partial charge in [-0.3, -0.25) is 0 Å². The summed E-state index contributed by atoms with van der Waals surface area (Å²) in [5.41, 5.74) is 2.57. The van der Waals surface area contributed by atoms with Crippen LogP contribution in [0, 0.1) is 5.92 Å². The number of anilines is 1. The molecule has 2 unspecified atom stereocenters. The number of hydrogen-bond donors (Lipinski definition) is 1. The van der Waals surface area contributed by atoms with Gasteiger partial charge in [0.05, 0.1) is 0 Å². The molecular weight excluding hydrogens is 174 g/mol. The molecule has 0 fully saturated rings. The summed E-state index contributed by atoms with van der Waals surface area (Å²) in [6.45, 7) is 4.55. The van der Waals surface area contributed by atoms with Crippen LogP contribution in [-0.4, -0.2) is 17.0 Å². The van der Waals surface area contributed by atoms with Gasteiger partial charge in [0.1, 0.15) is 0 Å². The molecule has 0 saturated carbocycles. The normalized spacial score (nSPS) is 25.6. The Labute approximate surface area is 85.0 Å². The Morgan fingerprint density at radius 1 is 1.43 bits per heavy atom. The number of fused-ring (bicyclic) bond motifs is 1. The first-order valence-corrected chi connectivity index (χ1v) is 5.24. The minimum absolute atomic E-state index is 0.611. The lowest BCUT2D eigenvalue weighted by molar-refractivity contribution is 0.441. The third-order valence-electron chi connectivity index (χ3n) is 2.95. The van der Waals surface area contributed by atoms with Crippen molar-refractivity contribution >= 4 is 5.95 Å². The molecule has 14 heavy (non-hydrogen) atoms.